The van der Waals surface area contributed by atoms with Gasteiger partial charge in [-0.15, -0.1) is 0 Å². The predicted octanol–water partition coefficient (Wildman–Crippen LogP) is 4.14. The van der Waals surface area contributed by atoms with Gasteiger partial charge in [0, 0.05) is 36.8 Å². The summed E-state index contributed by atoms with van der Waals surface area (Å²) in [6.45, 7) is 9.93. The third kappa shape index (κ3) is 5.91. The Bertz CT molecular complexity index is 1140. The zero-order valence-corrected chi connectivity index (χ0v) is 20.8. The number of allylic oxidation sites excluding steroid dienone is 3. The molecule has 0 saturated carbocycles. The van der Waals surface area contributed by atoms with Gasteiger partial charge < -0.3 is 25.0 Å². The second-order valence-corrected chi connectivity index (χ2v) is 9.38. The number of nitrogens with zero attached hydrogens (tertiary/aromatic N) is 2. The van der Waals surface area contributed by atoms with Crippen LogP contribution in [0.1, 0.15) is 26.0 Å². The van der Waals surface area contributed by atoms with E-state index in [0.29, 0.717) is 24.2 Å². The summed E-state index contributed by atoms with van der Waals surface area (Å²) in [6.07, 6.45) is 5.15. The van der Waals surface area contributed by atoms with Gasteiger partial charge in [0.05, 0.1) is 23.9 Å². The van der Waals surface area contributed by atoms with Crippen molar-refractivity contribution in [2.24, 2.45) is 11.8 Å². The smallest absolute Gasteiger partial charge is 0.170 e. The summed E-state index contributed by atoms with van der Waals surface area (Å²) in [5.41, 5.74) is 10.3. The van der Waals surface area contributed by atoms with E-state index in [-0.39, 0.29) is 0 Å². The molecule has 34 heavy (non-hydrogen) atoms. The molecule has 0 unspecified atom stereocenters. The van der Waals surface area contributed by atoms with Crippen LogP contribution in [0.15, 0.2) is 53.6 Å². The Morgan fingerprint density at radius 1 is 1.21 bits per heavy atom. The lowest BCUT2D eigenvalue weighted by atomic mass is 10.1. The molecule has 0 radical (unpaired) electrons. The molecule has 1 aliphatic heterocycles. The molecule has 0 spiro atoms. The van der Waals surface area contributed by atoms with E-state index >= 15 is 0 Å². The van der Waals surface area contributed by atoms with Crippen molar-refractivity contribution < 1.29 is 9.47 Å². The minimum absolute atomic E-state index is 0.608. The molecule has 6 nitrogen and oxygen atoms in total. The van der Waals surface area contributed by atoms with E-state index in [2.05, 4.69) is 53.0 Å². The van der Waals surface area contributed by atoms with Crippen LogP contribution in [0.25, 0.3) is 16.5 Å². The quantitative estimate of drug-likeness (QED) is 0.388. The van der Waals surface area contributed by atoms with E-state index in [9.17, 15) is 0 Å². The normalized spacial score (nSPS) is 17.4. The summed E-state index contributed by atoms with van der Waals surface area (Å²) in [5, 5.41) is 7.85. The van der Waals surface area contributed by atoms with Crippen molar-refractivity contribution in [3.8, 4) is 5.75 Å². The van der Waals surface area contributed by atoms with Gasteiger partial charge >= 0.3 is 0 Å². The lowest BCUT2D eigenvalue weighted by Gasteiger charge is -2.22. The van der Waals surface area contributed by atoms with Gasteiger partial charge in [-0.25, -0.2) is 4.98 Å². The molecular weight excluding hydrogens is 424 g/mol. The third-order valence-electron chi connectivity index (χ3n) is 6.20. The zero-order chi connectivity index (χ0) is 23.9. The van der Waals surface area contributed by atoms with E-state index in [1.165, 1.54) is 12.1 Å². The van der Waals surface area contributed by atoms with Gasteiger partial charge in [-0.3, -0.25) is 0 Å². The molecule has 1 aromatic carbocycles. The molecule has 1 atom stereocenters. The molecule has 1 aromatic heterocycles. The lowest BCUT2D eigenvalue weighted by molar-refractivity contribution is 0.224. The van der Waals surface area contributed by atoms with E-state index in [4.69, 9.17) is 14.5 Å². The standard InChI is InChI=1S/C28H36N4O2/c1-20(2)17-30-12-14-34-23-7-5-22(6-8-23)26-16-28(32-13-11-21(19-32)18-29-3)25-10-9-24(33-4)15-27(25)31-26/h5,7,9-10,15-16,20-21,29-30H,11-14,17-19H2,1-4H3/t21-/m1/s1. The Hall–Kier alpha value is -3.01. The van der Waals surface area contributed by atoms with Crippen LogP contribution < -0.4 is 20.3 Å². The fourth-order valence-electron chi connectivity index (χ4n) is 4.45. The van der Waals surface area contributed by atoms with Crippen LogP contribution in [0.3, 0.4) is 0 Å². The molecule has 1 saturated heterocycles. The van der Waals surface area contributed by atoms with Crippen LogP contribution in [0.4, 0.5) is 5.69 Å². The maximum Gasteiger partial charge on any atom is 0.170 e. The van der Waals surface area contributed by atoms with Crippen molar-refractivity contribution in [2.45, 2.75) is 20.3 Å². The summed E-state index contributed by atoms with van der Waals surface area (Å²) in [4.78, 5) is 7.43. The van der Waals surface area contributed by atoms with Gasteiger partial charge in [-0.1, -0.05) is 19.6 Å². The molecule has 4 rings (SSSR count). The fourth-order valence-corrected chi connectivity index (χ4v) is 4.45. The average Bonchev–Trinajstić information content (AvgIpc) is 3.31. The Morgan fingerprint density at radius 2 is 2.09 bits per heavy atom. The minimum Gasteiger partial charge on any atom is -0.497 e. The van der Waals surface area contributed by atoms with Crippen molar-refractivity contribution >= 4 is 22.2 Å². The van der Waals surface area contributed by atoms with Gasteiger partial charge in [0.1, 0.15) is 12.4 Å². The van der Waals surface area contributed by atoms with Crippen LogP contribution in [0.2, 0.25) is 0 Å². The molecule has 1 fully saturated rings. The van der Waals surface area contributed by atoms with Gasteiger partial charge in [0.2, 0.25) is 0 Å². The van der Waals surface area contributed by atoms with Crippen LogP contribution >= 0.6 is 0 Å². The van der Waals surface area contributed by atoms with Crippen LogP contribution in [-0.4, -0.2) is 58.5 Å². The summed E-state index contributed by atoms with van der Waals surface area (Å²) in [7, 11) is 3.71. The van der Waals surface area contributed by atoms with Crippen molar-refractivity contribution in [1.82, 2.24) is 15.6 Å². The molecule has 1 aliphatic carbocycles. The second-order valence-electron chi connectivity index (χ2n) is 9.38. The van der Waals surface area contributed by atoms with Crippen LogP contribution in [0.5, 0.6) is 5.75 Å². The highest BCUT2D eigenvalue weighted by Gasteiger charge is 2.24. The van der Waals surface area contributed by atoms with E-state index in [1.807, 2.05) is 31.3 Å². The number of fused-ring (bicyclic) bond motifs is 1. The molecule has 6 heteroatoms. The number of rotatable bonds is 11. The first-order valence-corrected chi connectivity index (χ1v) is 12.2. The van der Waals surface area contributed by atoms with Gasteiger partial charge in [-0.05, 0) is 74.5 Å². The largest absolute Gasteiger partial charge is 0.497 e. The van der Waals surface area contributed by atoms with Crippen molar-refractivity contribution in [3.05, 3.63) is 59.3 Å². The second kappa shape index (κ2) is 11.4. The number of benzene rings is 1. The maximum atomic E-state index is 5.82. The maximum absolute atomic E-state index is 5.82. The number of pyridine rings is 1. The number of ether oxygens (including phenoxy) is 2. The molecule has 2 N–H and O–H groups in total. The van der Waals surface area contributed by atoms with E-state index < -0.39 is 0 Å². The molecular formula is C28H36N4O2. The molecule has 2 heterocycles. The summed E-state index contributed by atoms with van der Waals surface area (Å²) < 4.78 is 11.3. The summed E-state index contributed by atoms with van der Waals surface area (Å²) in [5.74, 6) is 2.80. The van der Waals surface area contributed by atoms with Gasteiger partial charge in [0.25, 0.3) is 0 Å². The highest BCUT2D eigenvalue weighted by atomic mass is 16.5. The van der Waals surface area contributed by atoms with Gasteiger partial charge in [0.15, 0.2) is 5.76 Å². The Labute approximate surface area is 203 Å². The van der Waals surface area contributed by atoms with Gasteiger partial charge in [-0.2, -0.15) is 0 Å². The number of methoxy groups -OCH3 is 1. The number of hydrogen-bond acceptors (Lipinski definition) is 6. The Kier molecular flexibility index (Phi) is 8.10. The number of aromatic nitrogens is 1. The molecule has 2 aromatic rings. The van der Waals surface area contributed by atoms with Crippen molar-refractivity contribution in [3.63, 3.8) is 0 Å². The van der Waals surface area contributed by atoms with Crippen molar-refractivity contribution in [1.29, 1.82) is 0 Å². The first-order chi connectivity index (χ1) is 16.6. The van der Waals surface area contributed by atoms with Crippen LogP contribution in [-0.2, 0) is 4.74 Å². The lowest BCUT2D eigenvalue weighted by Crippen LogP contribution is -2.24. The van der Waals surface area contributed by atoms with E-state index in [1.54, 1.807) is 7.11 Å². The Morgan fingerprint density at radius 3 is 2.82 bits per heavy atom. The monoisotopic (exact) mass is 460 g/mol. The molecule has 0 bridgehead atoms. The predicted molar refractivity (Wildman–Crippen MR) is 139 cm³/mol. The van der Waals surface area contributed by atoms with E-state index in [0.717, 1.165) is 60.6 Å². The van der Waals surface area contributed by atoms with Crippen molar-refractivity contribution in [2.75, 3.05) is 58.4 Å². The van der Waals surface area contributed by atoms with Crippen LogP contribution in [0, 0.1) is 11.8 Å². The average molecular weight is 461 g/mol. The number of nitrogens with one attached hydrogen (secondary N) is 2. The topological polar surface area (TPSA) is 58.7 Å². The highest BCUT2D eigenvalue weighted by Crippen LogP contribution is 2.34. The minimum atomic E-state index is 0.608. The summed E-state index contributed by atoms with van der Waals surface area (Å²) in [6, 6.07) is 8.32. The molecule has 2 aliphatic rings. The SMILES string of the molecule is CNC[C@H]1CCN(c2cc(C3=C=C=C(OCCNCC(C)C)C=C3)nc3cc(OC)ccc23)C1. The number of anilines is 1. The Balaban J connectivity index is 1.60. The highest BCUT2D eigenvalue weighted by molar-refractivity contribution is 5.95. The molecule has 0 amide bonds. The molecule has 180 valence electrons. The first kappa shape index (κ1) is 24.1. The third-order valence-corrected chi connectivity index (χ3v) is 6.20. The number of hydrogen-bond donors (Lipinski definition) is 2. The first-order valence-electron chi connectivity index (χ1n) is 12.2. The zero-order valence-electron chi connectivity index (χ0n) is 20.8. The fraction of sp³-hybridized carbons (Fsp3) is 0.464. The summed E-state index contributed by atoms with van der Waals surface area (Å²) >= 11 is 0.